The SMILES string of the molecule is Cc1ccc(NCc2cc(Br)c(OCC(=O)Nc3ccc(C)c(Cl)c3)c(Br)c2)cc1. The van der Waals surface area contributed by atoms with E-state index in [1.54, 1.807) is 12.1 Å². The van der Waals surface area contributed by atoms with E-state index >= 15 is 0 Å². The average Bonchev–Trinajstić information content (AvgIpc) is 2.70. The van der Waals surface area contributed by atoms with Gasteiger partial charge in [0, 0.05) is 22.9 Å². The fourth-order valence-electron chi connectivity index (χ4n) is 2.73. The Balaban J connectivity index is 1.58. The second-order valence-electron chi connectivity index (χ2n) is 6.91. The number of benzene rings is 3. The van der Waals surface area contributed by atoms with E-state index in [1.165, 1.54) is 5.56 Å². The molecule has 0 bridgehead atoms. The molecule has 0 atom stereocenters. The van der Waals surface area contributed by atoms with Crippen molar-refractivity contribution in [3.63, 3.8) is 0 Å². The first-order valence-electron chi connectivity index (χ1n) is 9.29. The quantitative estimate of drug-likeness (QED) is 0.328. The molecule has 0 unspecified atom stereocenters. The van der Waals surface area contributed by atoms with Crippen LogP contribution in [0.15, 0.2) is 63.5 Å². The van der Waals surface area contributed by atoms with Gasteiger partial charge in [-0.3, -0.25) is 4.79 Å². The molecule has 0 radical (unpaired) electrons. The summed E-state index contributed by atoms with van der Waals surface area (Å²) >= 11 is 13.2. The van der Waals surface area contributed by atoms with Crippen LogP contribution in [-0.4, -0.2) is 12.5 Å². The maximum absolute atomic E-state index is 12.2. The minimum absolute atomic E-state index is 0.121. The number of nitrogens with one attached hydrogen (secondary N) is 2. The number of halogens is 3. The maximum Gasteiger partial charge on any atom is 0.262 e. The molecule has 4 nitrogen and oxygen atoms in total. The van der Waals surface area contributed by atoms with Crippen molar-refractivity contribution in [2.24, 2.45) is 0 Å². The molecule has 156 valence electrons. The minimum Gasteiger partial charge on any atom is -0.481 e. The molecule has 3 aromatic rings. The molecule has 0 aliphatic rings. The van der Waals surface area contributed by atoms with Gasteiger partial charge in [0.15, 0.2) is 6.61 Å². The molecule has 0 saturated carbocycles. The van der Waals surface area contributed by atoms with Gasteiger partial charge in [0.2, 0.25) is 0 Å². The molecule has 0 fully saturated rings. The average molecular weight is 553 g/mol. The number of anilines is 2. The summed E-state index contributed by atoms with van der Waals surface area (Å²) in [5.74, 6) is 0.310. The number of hydrogen-bond acceptors (Lipinski definition) is 3. The lowest BCUT2D eigenvalue weighted by Crippen LogP contribution is -2.20. The van der Waals surface area contributed by atoms with Gasteiger partial charge >= 0.3 is 0 Å². The molecular weight excluding hydrogens is 532 g/mol. The highest BCUT2D eigenvalue weighted by molar-refractivity contribution is 9.11. The Morgan fingerprint density at radius 1 is 0.967 bits per heavy atom. The Hall–Kier alpha value is -2.02. The summed E-state index contributed by atoms with van der Waals surface area (Å²) in [5, 5.41) is 6.78. The molecule has 0 aromatic heterocycles. The summed E-state index contributed by atoms with van der Waals surface area (Å²) in [5.41, 5.74) is 4.94. The van der Waals surface area contributed by atoms with Crippen LogP contribution < -0.4 is 15.4 Å². The standard InChI is InChI=1S/C23H21Br2ClN2O2/c1-14-3-6-17(7-4-14)27-12-16-9-19(24)23(20(25)10-16)30-13-22(29)28-18-8-5-15(2)21(26)11-18/h3-11,27H,12-13H2,1-2H3,(H,28,29). The van der Waals surface area contributed by atoms with Gasteiger partial charge in [0.25, 0.3) is 5.91 Å². The van der Waals surface area contributed by atoms with Gasteiger partial charge in [-0.2, -0.15) is 0 Å². The second-order valence-corrected chi connectivity index (χ2v) is 9.02. The number of amides is 1. The summed E-state index contributed by atoms with van der Waals surface area (Å²) in [6.45, 7) is 4.51. The van der Waals surface area contributed by atoms with Crippen LogP contribution in [0.3, 0.4) is 0 Å². The van der Waals surface area contributed by atoms with E-state index in [-0.39, 0.29) is 12.5 Å². The Bertz CT molecular complexity index is 1030. The normalized spacial score (nSPS) is 10.6. The van der Waals surface area contributed by atoms with Gasteiger partial charge in [-0.15, -0.1) is 0 Å². The van der Waals surface area contributed by atoms with Crippen molar-refractivity contribution in [1.82, 2.24) is 0 Å². The number of carbonyl (C=O) groups excluding carboxylic acids is 1. The second kappa shape index (κ2) is 10.3. The van der Waals surface area contributed by atoms with Gasteiger partial charge < -0.3 is 15.4 Å². The molecule has 0 spiro atoms. The molecule has 0 aliphatic heterocycles. The zero-order chi connectivity index (χ0) is 21.7. The van der Waals surface area contributed by atoms with Crippen LogP contribution in [0.4, 0.5) is 11.4 Å². The zero-order valence-electron chi connectivity index (χ0n) is 16.6. The lowest BCUT2D eigenvalue weighted by Gasteiger charge is -2.13. The van der Waals surface area contributed by atoms with Crippen LogP contribution in [0, 0.1) is 13.8 Å². The highest BCUT2D eigenvalue weighted by Gasteiger charge is 2.12. The fraction of sp³-hybridized carbons (Fsp3) is 0.174. The van der Waals surface area contributed by atoms with Crippen LogP contribution in [0.5, 0.6) is 5.75 Å². The first-order valence-corrected chi connectivity index (χ1v) is 11.3. The third kappa shape index (κ3) is 6.24. The van der Waals surface area contributed by atoms with E-state index in [9.17, 15) is 4.79 Å². The summed E-state index contributed by atoms with van der Waals surface area (Å²) in [6.07, 6.45) is 0. The summed E-state index contributed by atoms with van der Waals surface area (Å²) < 4.78 is 7.26. The molecule has 3 rings (SSSR count). The molecule has 7 heteroatoms. The Morgan fingerprint density at radius 3 is 2.23 bits per heavy atom. The molecule has 0 saturated heterocycles. The Morgan fingerprint density at radius 2 is 1.60 bits per heavy atom. The number of carbonyl (C=O) groups is 1. The highest BCUT2D eigenvalue weighted by atomic mass is 79.9. The van der Waals surface area contributed by atoms with Crippen LogP contribution in [0.2, 0.25) is 5.02 Å². The van der Waals surface area contributed by atoms with Crippen molar-refractivity contribution in [3.8, 4) is 5.75 Å². The van der Waals surface area contributed by atoms with E-state index < -0.39 is 0 Å². The van der Waals surface area contributed by atoms with Crippen molar-refractivity contribution < 1.29 is 9.53 Å². The van der Waals surface area contributed by atoms with E-state index in [4.69, 9.17) is 16.3 Å². The van der Waals surface area contributed by atoms with Crippen molar-refractivity contribution in [3.05, 3.63) is 85.3 Å². The molecular formula is C23H21Br2ClN2O2. The van der Waals surface area contributed by atoms with Crippen LogP contribution >= 0.6 is 43.5 Å². The minimum atomic E-state index is -0.265. The van der Waals surface area contributed by atoms with Crippen molar-refractivity contribution in [2.45, 2.75) is 20.4 Å². The lowest BCUT2D eigenvalue weighted by atomic mass is 10.2. The fourth-order valence-corrected chi connectivity index (χ4v) is 4.42. The third-order valence-corrected chi connectivity index (χ3v) is 5.99. The third-order valence-electron chi connectivity index (χ3n) is 4.41. The van der Waals surface area contributed by atoms with E-state index in [0.717, 1.165) is 25.8 Å². The molecule has 0 aliphatic carbocycles. The highest BCUT2D eigenvalue weighted by Crippen LogP contribution is 2.35. The Labute approximate surface area is 198 Å². The Kier molecular flexibility index (Phi) is 7.81. The number of ether oxygens (including phenoxy) is 1. The first kappa shape index (κ1) is 22.7. The van der Waals surface area contributed by atoms with Crippen LogP contribution in [0.25, 0.3) is 0 Å². The number of rotatable bonds is 7. The van der Waals surface area contributed by atoms with Crippen molar-refractivity contribution >= 4 is 60.7 Å². The monoisotopic (exact) mass is 550 g/mol. The van der Waals surface area contributed by atoms with E-state index in [1.807, 2.05) is 25.1 Å². The molecule has 1 amide bonds. The van der Waals surface area contributed by atoms with Crippen LogP contribution in [-0.2, 0) is 11.3 Å². The van der Waals surface area contributed by atoms with Gasteiger partial charge in [-0.05, 0) is 93.2 Å². The first-order chi connectivity index (χ1) is 14.3. The van der Waals surface area contributed by atoms with Gasteiger partial charge in [0.05, 0.1) is 8.95 Å². The van der Waals surface area contributed by atoms with Crippen molar-refractivity contribution in [2.75, 3.05) is 17.2 Å². The maximum atomic E-state index is 12.2. The smallest absolute Gasteiger partial charge is 0.262 e. The molecule has 0 heterocycles. The molecule has 2 N–H and O–H groups in total. The van der Waals surface area contributed by atoms with Crippen molar-refractivity contribution in [1.29, 1.82) is 0 Å². The van der Waals surface area contributed by atoms with Gasteiger partial charge in [-0.1, -0.05) is 35.4 Å². The topological polar surface area (TPSA) is 50.4 Å². The molecule has 30 heavy (non-hydrogen) atoms. The summed E-state index contributed by atoms with van der Waals surface area (Å²) in [7, 11) is 0. The van der Waals surface area contributed by atoms with Gasteiger partial charge in [0.1, 0.15) is 5.75 Å². The summed E-state index contributed by atoms with van der Waals surface area (Å²) in [4.78, 5) is 12.2. The van der Waals surface area contributed by atoms with E-state index in [0.29, 0.717) is 23.0 Å². The lowest BCUT2D eigenvalue weighted by molar-refractivity contribution is -0.118. The predicted molar refractivity (Wildman–Crippen MR) is 131 cm³/mol. The number of hydrogen-bond donors (Lipinski definition) is 2. The van der Waals surface area contributed by atoms with Gasteiger partial charge in [-0.25, -0.2) is 0 Å². The largest absolute Gasteiger partial charge is 0.481 e. The zero-order valence-corrected chi connectivity index (χ0v) is 20.5. The molecule has 3 aromatic carbocycles. The van der Waals surface area contributed by atoms with Crippen LogP contribution in [0.1, 0.15) is 16.7 Å². The predicted octanol–water partition coefficient (Wildman–Crippen LogP) is 7.11. The summed E-state index contributed by atoms with van der Waals surface area (Å²) in [6, 6.07) is 17.6. The number of aryl methyl sites for hydroxylation is 2. The van der Waals surface area contributed by atoms with E-state index in [2.05, 4.69) is 73.7 Å².